The number of ether oxygens (including phenoxy) is 1. The second-order valence-electron chi connectivity index (χ2n) is 5.60. The molecule has 110 valence electrons. The molecule has 1 aliphatic rings. The van der Waals surface area contributed by atoms with E-state index in [1.54, 1.807) is 13.0 Å². The van der Waals surface area contributed by atoms with E-state index in [1.807, 2.05) is 36.4 Å². The van der Waals surface area contributed by atoms with Crippen LogP contribution in [-0.4, -0.2) is 5.97 Å². The average molecular weight is 290 g/mol. The summed E-state index contributed by atoms with van der Waals surface area (Å²) in [6, 6.07) is 16.1. The number of hydrogen-bond donors (Lipinski definition) is 0. The van der Waals surface area contributed by atoms with Gasteiger partial charge in [-0.15, -0.1) is 0 Å². The normalized spacial score (nSPS) is 14.4. The lowest BCUT2D eigenvalue weighted by molar-refractivity contribution is -0.148. The molecular formula is C20H18O2. The maximum atomic E-state index is 12.2. The van der Waals surface area contributed by atoms with Crippen LogP contribution in [0.4, 0.5) is 0 Å². The summed E-state index contributed by atoms with van der Waals surface area (Å²) >= 11 is 0. The van der Waals surface area contributed by atoms with Gasteiger partial charge < -0.3 is 4.74 Å². The fourth-order valence-corrected chi connectivity index (χ4v) is 3.03. The maximum Gasteiger partial charge on any atom is 0.334 e. The van der Waals surface area contributed by atoms with Crippen LogP contribution in [0.1, 0.15) is 29.2 Å². The number of fused-ring (bicyclic) bond motifs is 2. The van der Waals surface area contributed by atoms with Crippen molar-refractivity contribution in [3.05, 3.63) is 95.6 Å². The summed E-state index contributed by atoms with van der Waals surface area (Å²) in [7, 11) is 0. The maximum absolute atomic E-state index is 12.2. The first kappa shape index (κ1) is 14.3. The Morgan fingerprint density at radius 2 is 1.59 bits per heavy atom. The molecule has 0 saturated heterocycles. The Morgan fingerprint density at radius 3 is 2.05 bits per heavy atom. The number of benzene rings is 2. The molecule has 0 bridgehead atoms. The van der Waals surface area contributed by atoms with E-state index < -0.39 is 11.6 Å². The van der Waals surface area contributed by atoms with Crippen molar-refractivity contribution < 1.29 is 9.53 Å². The highest BCUT2D eigenvalue weighted by Gasteiger charge is 2.41. The first-order valence-electron chi connectivity index (χ1n) is 7.27. The van der Waals surface area contributed by atoms with Gasteiger partial charge in [0.2, 0.25) is 0 Å². The molecule has 3 rings (SSSR count). The van der Waals surface area contributed by atoms with Crippen LogP contribution in [0.25, 0.3) is 0 Å². The van der Waals surface area contributed by atoms with Crippen molar-refractivity contribution in [2.45, 2.75) is 18.9 Å². The van der Waals surface area contributed by atoms with Gasteiger partial charge in [0.25, 0.3) is 0 Å². The Morgan fingerprint density at radius 1 is 1.09 bits per heavy atom. The van der Waals surface area contributed by atoms with Crippen molar-refractivity contribution in [2.75, 3.05) is 0 Å². The number of rotatable bonds is 3. The minimum atomic E-state index is -0.957. The lowest BCUT2D eigenvalue weighted by Gasteiger charge is -2.38. The van der Waals surface area contributed by atoms with E-state index in [0.717, 1.165) is 28.7 Å². The van der Waals surface area contributed by atoms with Crippen molar-refractivity contribution in [2.24, 2.45) is 0 Å². The summed E-state index contributed by atoms with van der Waals surface area (Å²) in [5.74, 6) is -0.411. The second kappa shape index (κ2) is 5.30. The predicted molar refractivity (Wildman–Crippen MR) is 87.6 cm³/mol. The molecule has 0 atom stereocenters. The lowest BCUT2D eigenvalue weighted by Crippen LogP contribution is -2.36. The first-order valence-corrected chi connectivity index (χ1v) is 7.27. The van der Waals surface area contributed by atoms with E-state index in [4.69, 9.17) is 4.74 Å². The Hall–Kier alpha value is -2.61. The molecule has 2 nitrogen and oxygen atoms in total. The summed E-state index contributed by atoms with van der Waals surface area (Å²) in [4.78, 5) is 12.2. The highest BCUT2D eigenvalue weighted by atomic mass is 16.6. The molecule has 0 spiro atoms. The van der Waals surface area contributed by atoms with Gasteiger partial charge in [0.15, 0.2) is 5.60 Å². The van der Waals surface area contributed by atoms with Gasteiger partial charge in [0.1, 0.15) is 0 Å². The van der Waals surface area contributed by atoms with Crippen LogP contribution in [0.2, 0.25) is 0 Å². The minimum absolute atomic E-state index is 0.377. The number of carbonyl (C=O) groups is 1. The summed E-state index contributed by atoms with van der Waals surface area (Å²) in [6.45, 7) is 9.30. The molecule has 22 heavy (non-hydrogen) atoms. The summed E-state index contributed by atoms with van der Waals surface area (Å²) in [6.07, 6.45) is 2.54. The minimum Gasteiger partial charge on any atom is -0.442 e. The highest BCUT2D eigenvalue weighted by Crippen LogP contribution is 2.43. The quantitative estimate of drug-likeness (QED) is 0.482. The van der Waals surface area contributed by atoms with Gasteiger partial charge in [-0.25, -0.2) is 4.79 Å². The molecule has 0 heterocycles. The molecule has 0 saturated carbocycles. The van der Waals surface area contributed by atoms with Crippen LogP contribution >= 0.6 is 0 Å². The molecule has 2 heteroatoms. The van der Waals surface area contributed by atoms with Crippen molar-refractivity contribution >= 4 is 5.97 Å². The van der Waals surface area contributed by atoms with Crippen molar-refractivity contribution in [3.8, 4) is 0 Å². The SMILES string of the molecule is C=CC1(OC(=O)C(=C)C)c2ccccc2Cc2ccccc21. The van der Waals surface area contributed by atoms with Crippen LogP contribution in [0.5, 0.6) is 0 Å². The van der Waals surface area contributed by atoms with Gasteiger partial charge in [-0.05, 0) is 30.5 Å². The third-order valence-electron chi connectivity index (χ3n) is 4.11. The standard InChI is InChI=1S/C20H18O2/c1-4-20(22-19(21)14(2)3)17-11-7-5-9-15(17)13-16-10-6-8-12-18(16)20/h4-12H,1-2,13H2,3H3. The largest absolute Gasteiger partial charge is 0.442 e. The van der Waals surface area contributed by atoms with Gasteiger partial charge in [-0.3, -0.25) is 0 Å². The van der Waals surface area contributed by atoms with Crippen LogP contribution in [0, 0.1) is 0 Å². The zero-order valence-corrected chi connectivity index (χ0v) is 12.6. The molecule has 0 aliphatic heterocycles. The van der Waals surface area contributed by atoms with E-state index in [-0.39, 0.29) is 0 Å². The molecule has 0 aromatic heterocycles. The van der Waals surface area contributed by atoms with Gasteiger partial charge in [-0.2, -0.15) is 0 Å². The van der Waals surface area contributed by atoms with Crippen LogP contribution < -0.4 is 0 Å². The fraction of sp³-hybridized carbons (Fsp3) is 0.150. The summed E-state index contributed by atoms with van der Waals surface area (Å²) in [5, 5.41) is 0. The number of hydrogen-bond acceptors (Lipinski definition) is 2. The number of esters is 1. The van der Waals surface area contributed by atoms with E-state index in [2.05, 4.69) is 25.3 Å². The van der Waals surface area contributed by atoms with Crippen LogP contribution in [-0.2, 0) is 21.6 Å². The summed E-state index contributed by atoms with van der Waals surface area (Å²) in [5.41, 5.74) is 3.66. The highest BCUT2D eigenvalue weighted by molar-refractivity contribution is 5.88. The van der Waals surface area contributed by atoms with Crippen LogP contribution in [0.15, 0.2) is 73.3 Å². The molecular weight excluding hydrogens is 272 g/mol. The Balaban J connectivity index is 2.25. The number of carbonyl (C=O) groups excluding carboxylic acids is 1. The van der Waals surface area contributed by atoms with Crippen molar-refractivity contribution in [1.82, 2.24) is 0 Å². The third-order valence-corrected chi connectivity index (χ3v) is 4.11. The van der Waals surface area contributed by atoms with Gasteiger partial charge in [0.05, 0.1) is 0 Å². The van der Waals surface area contributed by atoms with E-state index in [9.17, 15) is 4.79 Å². The van der Waals surface area contributed by atoms with E-state index >= 15 is 0 Å². The molecule has 0 N–H and O–H groups in total. The molecule has 2 aromatic rings. The first-order chi connectivity index (χ1) is 10.6. The average Bonchev–Trinajstić information content (AvgIpc) is 2.54. The molecule has 0 radical (unpaired) electrons. The molecule has 0 unspecified atom stereocenters. The van der Waals surface area contributed by atoms with Gasteiger partial charge in [-0.1, -0.05) is 61.7 Å². The van der Waals surface area contributed by atoms with Gasteiger partial charge in [0, 0.05) is 16.7 Å². The zero-order chi connectivity index (χ0) is 15.7. The Kier molecular flexibility index (Phi) is 3.45. The monoisotopic (exact) mass is 290 g/mol. The fourth-order valence-electron chi connectivity index (χ4n) is 3.03. The van der Waals surface area contributed by atoms with E-state index in [0.29, 0.717) is 5.57 Å². The van der Waals surface area contributed by atoms with Gasteiger partial charge >= 0.3 is 5.97 Å². The van der Waals surface area contributed by atoms with Crippen molar-refractivity contribution in [1.29, 1.82) is 0 Å². The molecule has 1 aliphatic carbocycles. The molecule has 0 amide bonds. The third kappa shape index (κ3) is 2.08. The smallest absolute Gasteiger partial charge is 0.334 e. The Labute approximate surface area is 130 Å². The predicted octanol–water partition coefficient (Wildman–Crippen LogP) is 4.14. The van der Waals surface area contributed by atoms with E-state index in [1.165, 1.54) is 0 Å². The summed E-state index contributed by atoms with van der Waals surface area (Å²) < 4.78 is 5.89. The zero-order valence-electron chi connectivity index (χ0n) is 12.6. The van der Waals surface area contributed by atoms with Crippen LogP contribution in [0.3, 0.4) is 0 Å². The Bertz CT molecular complexity index is 725. The molecule has 0 fully saturated rings. The molecule has 2 aromatic carbocycles. The lowest BCUT2D eigenvalue weighted by atomic mass is 9.74. The topological polar surface area (TPSA) is 26.3 Å². The second-order valence-corrected chi connectivity index (χ2v) is 5.60. The van der Waals surface area contributed by atoms with Crippen molar-refractivity contribution in [3.63, 3.8) is 0 Å².